The van der Waals surface area contributed by atoms with Crippen molar-refractivity contribution in [2.75, 3.05) is 5.32 Å². The Morgan fingerprint density at radius 1 is 1.12 bits per heavy atom. The van der Waals surface area contributed by atoms with E-state index in [0.29, 0.717) is 0 Å². The molecule has 0 aliphatic carbocycles. The van der Waals surface area contributed by atoms with E-state index in [1.165, 1.54) is 5.56 Å². The average Bonchev–Trinajstić information content (AvgIpc) is 2.86. The first-order valence-corrected chi connectivity index (χ1v) is 5.48. The first-order chi connectivity index (χ1) is 8.43. The van der Waals surface area contributed by atoms with Gasteiger partial charge in [0.1, 0.15) is 0 Å². The summed E-state index contributed by atoms with van der Waals surface area (Å²) in [5.74, 6) is 0. The predicted octanol–water partition coefficient (Wildman–Crippen LogP) is 2.57. The van der Waals surface area contributed by atoms with E-state index in [1.807, 2.05) is 36.5 Å². The van der Waals surface area contributed by atoms with Gasteiger partial charge in [-0.1, -0.05) is 12.1 Å². The molecule has 2 N–H and O–H groups in total. The van der Waals surface area contributed by atoms with Gasteiger partial charge in [-0.15, -0.1) is 0 Å². The number of H-pyrrole nitrogens is 1. The summed E-state index contributed by atoms with van der Waals surface area (Å²) >= 11 is 0. The molecule has 0 amide bonds. The van der Waals surface area contributed by atoms with Crippen LogP contribution in [0.3, 0.4) is 0 Å². The van der Waals surface area contributed by atoms with Crippen molar-refractivity contribution in [1.82, 2.24) is 15.2 Å². The smallest absolute Gasteiger partial charge is 0.0881 e. The highest BCUT2D eigenvalue weighted by Crippen LogP contribution is 2.20. The fourth-order valence-corrected chi connectivity index (χ4v) is 1.81. The van der Waals surface area contributed by atoms with E-state index in [4.69, 9.17) is 0 Å². The Morgan fingerprint density at radius 2 is 2.00 bits per heavy atom. The third kappa shape index (κ3) is 1.97. The van der Waals surface area contributed by atoms with Crippen LogP contribution in [0.25, 0.3) is 10.9 Å². The van der Waals surface area contributed by atoms with Crippen LogP contribution in [0.2, 0.25) is 0 Å². The largest absolute Gasteiger partial charge is 0.379 e. The number of pyridine rings is 1. The number of rotatable bonds is 3. The number of aromatic amines is 1. The monoisotopic (exact) mass is 224 g/mol. The van der Waals surface area contributed by atoms with Gasteiger partial charge in [-0.25, -0.2) is 0 Å². The molecule has 3 aromatic rings. The molecular formula is C13H12N4. The first kappa shape index (κ1) is 9.84. The highest BCUT2D eigenvalue weighted by Gasteiger charge is 2.01. The molecule has 1 aromatic carbocycles. The summed E-state index contributed by atoms with van der Waals surface area (Å²) in [6.45, 7) is 0.778. The molecule has 0 aliphatic heterocycles. The van der Waals surface area contributed by atoms with Crippen LogP contribution in [0.1, 0.15) is 5.56 Å². The Kier molecular flexibility index (Phi) is 2.46. The molecule has 0 unspecified atom stereocenters. The van der Waals surface area contributed by atoms with Crippen molar-refractivity contribution in [3.8, 4) is 0 Å². The highest BCUT2D eigenvalue weighted by atomic mass is 15.1. The number of para-hydroxylation sites is 1. The lowest BCUT2D eigenvalue weighted by Gasteiger charge is -2.07. The number of nitrogens with zero attached hydrogens (tertiary/aromatic N) is 2. The van der Waals surface area contributed by atoms with Crippen LogP contribution in [0.5, 0.6) is 0 Å². The Labute approximate surface area is 98.7 Å². The zero-order valence-corrected chi connectivity index (χ0v) is 9.22. The van der Waals surface area contributed by atoms with Gasteiger partial charge in [-0.3, -0.25) is 10.1 Å². The standard InChI is InChI=1S/C13H12N4/c1-2-11-9-16-17-13(11)12(3-1)15-8-10-4-6-14-7-5-10/h1-7,9,15H,8H2,(H,16,17). The van der Waals surface area contributed by atoms with Crippen molar-refractivity contribution in [1.29, 1.82) is 0 Å². The third-order valence-corrected chi connectivity index (χ3v) is 2.71. The normalized spacial score (nSPS) is 10.6. The molecule has 0 saturated heterocycles. The Hall–Kier alpha value is -2.36. The van der Waals surface area contributed by atoms with E-state index < -0.39 is 0 Å². The van der Waals surface area contributed by atoms with Crippen molar-refractivity contribution in [3.63, 3.8) is 0 Å². The maximum atomic E-state index is 4.04. The summed E-state index contributed by atoms with van der Waals surface area (Å²) in [5, 5.41) is 11.5. The Morgan fingerprint density at radius 3 is 2.88 bits per heavy atom. The number of hydrogen-bond donors (Lipinski definition) is 2. The van der Waals surface area contributed by atoms with Gasteiger partial charge in [-0.2, -0.15) is 5.10 Å². The molecule has 2 aromatic heterocycles. The molecule has 17 heavy (non-hydrogen) atoms. The molecule has 0 bridgehead atoms. The van der Waals surface area contributed by atoms with Gasteiger partial charge >= 0.3 is 0 Å². The van der Waals surface area contributed by atoms with Crippen molar-refractivity contribution in [2.45, 2.75) is 6.54 Å². The molecule has 0 spiro atoms. The van der Waals surface area contributed by atoms with Gasteiger partial charge in [0.25, 0.3) is 0 Å². The van der Waals surface area contributed by atoms with E-state index >= 15 is 0 Å². The van der Waals surface area contributed by atoms with Gasteiger partial charge in [0.15, 0.2) is 0 Å². The molecule has 0 atom stereocenters. The number of aromatic nitrogens is 3. The minimum Gasteiger partial charge on any atom is -0.379 e. The van der Waals surface area contributed by atoms with Crippen molar-refractivity contribution in [2.24, 2.45) is 0 Å². The van der Waals surface area contributed by atoms with Crippen LogP contribution in [0.15, 0.2) is 48.9 Å². The van der Waals surface area contributed by atoms with Crippen LogP contribution < -0.4 is 5.32 Å². The topological polar surface area (TPSA) is 53.6 Å². The van der Waals surface area contributed by atoms with Crippen LogP contribution in [-0.2, 0) is 6.54 Å². The molecule has 0 saturated carbocycles. The maximum absolute atomic E-state index is 4.04. The lowest BCUT2D eigenvalue weighted by Crippen LogP contribution is -1.99. The van der Waals surface area contributed by atoms with Crippen molar-refractivity contribution < 1.29 is 0 Å². The predicted molar refractivity (Wildman–Crippen MR) is 67.7 cm³/mol. The number of fused-ring (bicyclic) bond motifs is 1. The van der Waals surface area contributed by atoms with E-state index in [0.717, 1.165) is 23.1 Å². The molecule has 4 heteroatoms. The van der Waals surface area contributed by atoms with Crippen LogP contribution in [-0.4, -0.2) is 15.2 Å². The molecule has 4 nitrogen and oxygen atoms in total. The number of anilines is 1. The van der Waals surface area contributed by atoms with Crippen LogP contribution >= 0.6 is 0 Å². The molecule has 0 fully saturated rings. The van der Waals surface area contributed by atoms with Gasteiger partial charge in [0.05, 0.1) is 17.4 Å². The van der Waals surface area contributed by atoms with E-state index in [2.05, 4.69) is 20.5 Å². The minimum absolute atomic E-state index is 0.778. The van der Waals surface area contributed by atoms with Gasteiger partial charge < -0.3 is 5.32 Å². The first-order valence-electron chi connectivity index (χ1n) is 5.48. The molecule has 3 rings (SSSR count). The second kappa shape index (κ2) is 4.25. The fraction of sp³-hybridized carbons (Fsp3) is 0.0769. The highest BCUT2D eigenvalue weighted by molar-refractivity contribution is 5.89. The van der Waals surface area contributed by atoms with Crippen LogP contribution in [0.4, 0.5) is 5.69 Å². The maximum Gasteiger partial charge on any atom is 0.0881 e. The molecule has 84 valence electrons. The van der Waals surface area contributed by atoms with Gasteiger partial charge in [0.2, 0.25) is 0 Å². The fourth-order valence-electron chi connectivity index (χ4n) is 1.81. The molecule has 0 aliphatic rings. The molecule has 0 radical (unpaired) electrons. The SMILES string of the molecule is c1cc(NCc2ccncc2)c2[nH]ncc2c1. The van der Waals surface area contributed by atoms with E-state index in [9.17, 15) is 0 Å². The van der Waals surface area contributed by atoms with Gasteiger partial charge in [-0.05, 0) is 23.8 Å². The Bertz CT molecular complexity index is 615. The third-order valence-electron chi connectivity index (χ3n) is 2.71. The number of hydrogen-bond acceptors (Lipinski definition) is 3. The summed E-state index contributed by atoms with van der Waals surface area (Å²) < 4.78 is 0. The lowest BCUT2D eigenvalue weighted by atomic mass is 10.2. The second-order valence-electron chi connectivity index (χ2n) is 3.85. The zero-order valence-electron chi connectivity index (χ0n) is 9.22. The summed E-state index contributed by atoms with van der Waals surface area (Å²) in [7, 11) is 0. The Balaban J connectivity index is 1.84. The van der Waals surface area contributed by atoms with Crippen molar-refractivity contribution >= 4 is 16.6 Å². The minimum atomic E-state index is 0.778. The molecule has 2 heterocycles. The summed E-state index contributed by atoms with van der Waals surface area (Å²) in [6.07, 6.45) is 5.43. The van der Waals surface area contributed by atoms with E-state index in [-0.39, 0.29) is 0 Å². The zero-order chi connectivity index (χ0) is 11.5. The average molecular weight is 224 g/mol. The number of benzene rings is 1. The molecular weight excluding hydrogens is 212 g/mol. The quantitative estimate of drug-likeness (QED) is 0.719. The summed E-state index contributed by atoms with van der Waals surface area (Å²) in [4.78, 5) is 4.00. The lowest BCUT2D eigenvalue weighted by molar-refractivity contribution is 1.10. The van der Waals surface area contributed by atoms with E-state index in [1.54, 1.807) is 12.4 Å². The van der Waals surface area contributed by atoms with Gasteiger partial charge in [0, 0.05) is 24.3 Å². The summed E-state index contributed by atoms with van der Waals surface area (Å²) in [6, 6.07) is 10.1. The number of nitrogens with one attached hydrogen (secondary N) is 2. The second-order valence-corrected chi connectivity index (χ2v) is 3.85. The summed E-state index contributed by atoms with van der Waals surface area (Å²) in [5.41, 5.74) is 3.31. The van der Waals surface area contributed by atoms with Crippen LogP contribution in [0, 0.1) is 0 Å². The van der Waals surface area contributed by atoms with Crippen molar-refractivity contribution in [3.05, 3.63) is 54.5 Å².